The van der Waals surface area contributed by atoms with E-state index in [0.717, 1.165) is 17.7 Å². The van der Waals surface area contributed by atoms with E-state index in [1.165, 1.54) is 7.11 Å². The van der Waals surface area contributed by atoms with Crippen molar-refractivity contribution in [2.75, 3.05) is 7.11 Å². The van der Waals surface area contributed by atoms with Crippen LogP contribution in [0.4, 0.5) is 0 Å². The van der Waals surface area contributed by atoms with E-state index in [9.17, 15) is 14.7 Å². The number of Topliss-reactive ketones (excluding diaryl/α,β-unsaturated/α-hetero) is 1. The van der Waals surface area contributed by atoms with E-state index in [1.807, 2.05) is 32.0 Å². The number of methoxy groups -OCH3 is 1. The quantitative estimate of drug-likeness (QED) is 0.784. The van der Waals surface area contributed by atoms with Crippen molar-refractivity contribution in [2.45, 2.75) is 62.2 Å². The summed E-state index contributed by atoms with van der Waals surface area (Å²) < 4.78 is 4.94. The van der Waals surface area contributed by atoms with E-state index in [1.54, 1.807) is 11.8 Å². The minimum absolute atomic E-state index is 0.0324. The van der Waals surface area contributed by atoms with Gasteiger partial charge < -0.3 is 9.84 Å². The van der Waals surface area contributed by atoms with Gasteiger partial charge in [-0.15, -0.1) is 11.8 Å². The Morgan fingerprint density at radius 2 is 1.89 bits per heavy atom. The summed E-state index contributed by atoms with van der Waals surface area (Å²) >= 11 is 1.77. The SMILES string of the molecule is COC(=O)C1(O)CCC(Sc2ccccc2)C2(C)CCC(C(C)C)C(=O)C12. The van der Waals surface area contributed by atoms with Crippen molar-refractivity contribution in [3.63, 3.8) is 0 Å². The van der Waals surface area contributed by atoms with Gasteiger partial charge in [-0.1, -0.05) is 39.0 Å². The molecular formula is C22H30O4S. The fourth-order valence-corrected chi connectivity index (χ4v) is 6.56. The van der Waals surface area contributed by atoms with Crippen molar-refractivity contribution in [3.05, 3.63) is 30.3 Å². The minimum atomic E-state index is -1.72. The Morgan fingerprint density at radius 3 is 2.48 bits per heavy atom. The zero-order valence-electron chi connectivity index (χ0n) is 16.6. The van der Waals surface area contributed by atoms with E-state index in [4.69, 9.17) is 4.74 Å². The molecule has 0 spiro atoms. The molecule has 0 saturated heterocycles. The Balaban J connectivity index is 2.00. The fourth-order valence-electron chi connectivity index (χ4n) is 5.16. The van der Waals surface area contributed by atoms with Crippen molar-refractivity contribution in [1.82, 2.24) is 0 Å². The molecular weight excluding hydrogens is 360 g/mol. The van der Waals surface area contributed by atoms with Crippen LogP contribution in [0.3, 0.4) is 0 Å². The molecule has 27 heavy (non-hydrogen) atoms. The molecule has 4 nitrogen and oxygen atoms in total. The number of benzene rings is 1. The zero-order valence-corrected chi connectivity index (χ0v) is 17.4. The highest BCUT2D eigenvalue weighted by molar-refractivity contribution is 8.00. The van der Waals surface area contributed by atoms with Crippen molar-refractivity contribution < 1.29 is 19.4 Å². The molecule has 0 aromatic heterocycles. The first-order chi connectivity index (χ1) is 12.7. The highest BCUT2D eigenvalue weighted by Crippen LogP contribution is 2.59. The van der Waals surface area contributed by atoms with Crippen molar-refractivity contribution in [1.29, 1.82) is 0 Å². The molecule has 148 valence electrons. The second-order valence-electron chi connectivity index (χ2n) is 8.60. The average Bonchev–Trinajstić information content (AvgIpc) is 2.64. The lowest BCUT2D eigenvalue weighted by Gasteiger charge is -2.56. The van der Waals surface area contributed by atoms with Gasteiger partial charge >= 0.3 is 5.97 Å². The van der Waals surface area contributed by atoms with Gasteiger partial charge in [0.25, 0.3) is 0 Å². The molecule has 0 amide bonds. The van der Waals surface area contributed by atoms with Gasteiger partial charge in [-0.2, -0.15) is 0 Å². The Bertz CT molecular complexity index is 704. The van der Waals surface area contributed by atoms with Gasteiger partial charge in [-0.3, -0.25) is 4.79 Å². The van der Waals surface area contributed by atoms with Crippen molar-refractivity contribution in [3.8, 4) is 0 Å². The van der Waals surface area contributed by atoms with Gasteiger partial charge in [0.2, 0.25) is 0 Å². The van der Waals surface area contributed by atoms with E-state index in [2.05, 4.69) is 19.1 Å². The van der Waals surface area contributed by atoms with Crippen LogP contribution >= 0.6 is 11.8 Å². The van der Waals surface area contributed by atoms with Crippen LogP contribution in [0.25, 0.3) is 0 Å². The largest absolute Gasteiger partial charge is 0.467 e. The van der Waals surface area contributed by atoms with E-state index in [0.29, 0.717) is 6.42 Å². The van der Waals surface area contributed by atoms with Crippen LogP contribution < -0.4 is 0 Å². The Labute approximate surface area is 166 Å². The number of ketones is 1. The monoisotopic (exact) mass is 390 g/mol. The number of fused-ring (bicyclic) bond motifs is 1. The molecule has 0 bridgehead atoms. The number of rotatable bonds is 4. The molecule has 1 aromatic rings. The van der Waals surface area contributed by atoms with Gasteiger partial charge in [0.05, 0.1) is 13.0 Å². The summed E-state index contributed by atoms with van der Waals surface area (Å²) in [5, 5.41) is 11.5. The third kappa shape index (κ3) is 3.44. The lowest BCUT2D eigenvalue weighted by molar-refractivity contribution is -0.191. The maximum atomic E-state index is 13.5. The van der Waals surface area contributed by atoms with Gasteiger partial charge in [0, 0.05) is 16.1 Å². The number of carbonyl (C=O) groups is 2. The summed E-state index contributed by atoms with van der Waals surface area (Å²) in [6.07, 6.45) is 2.58. The van der Waals surface area contributed by atoms with Crippen LogP contribution in [0, 0.1) is 23.2 Å². The standard InChI is InChI=1S/C22H30O4S/c1-14(2)16-10-12-21(3)17(27-15-8-6-5-7-9-15)11-13-22(25,20(24)26-4)19(21)18(16)23/h5-9,14,16-17,19,25H,10-13H2,1-4H3. The van der Waals surface area contributed by atoms with Crippen LogP contribution in [0.1, 0.15) is 46.5 Å². The summed E-state index contributed by atoms with van der Waals surface area (Å²) in [7, 11) is 1.29. The molecule has 2 saturated carbocycles. The topological polar surface area (TPSA) is 63.6 Å². The maximum absolute atomic E-state index is 13.5. The summed E-state index contributed by atoms with van der Waals surface area (Å²) in [5.41, 5.74) is -2.16. The van der Waals surface area contributed by atoms with Crippen LogP contribution in [-0.2, 0) is 14.3 Å². The normalized spacial score (nSPS) is 36.4. The molecule has 2 aliphatic rings. The number of hydrogen-bond donors (Lipinski definition) is 1. The number of hydrogen-bond acceptors (Lipinski definition) is 5. The molecule has 2 fully saturated rings. The first-order valence-electron chi connectivity index (χ1n) is 9.80. The Hall–Kier alpha value is -1.33. The average molecular weight is 391 g/mol. The van der Waals surface area contributed by atoms with Crippen molar-refractivity contribution in [2.24, 2.45) is 23.2 Å². The third-order valence-corrected chi connectivity index (χ3v) is 8.27. The first kappa shape index (κ1) is 20.4. The lowest BCUT2D eigenvalue weighted by Crippen LogP contribution is -2.65. The maximum Gasteiger partial charge on any atom is 0.338 e. The van der Waals surface area contributed by atoms with Gasteiger partial charge in [-0.25, -0.2) is 4.79 Å². The molecule has 5 unspecified atom stereocenters. The number of esters is 1. The predicted molar refractivity (Wildman–Crippen MR) is 106 cm³/mol. The summed E-state index contributed by atoms with van der Waals surface area (Å²) in [6, 6.07) is 10.2. The number of ether oxygens (including phenoxy) is 1. The van der Waals surface area contributed by atoms with Crippen LogP contribution in [0.5, 0.6) is 0 Å². The molecule has 1 N–H and O–H groups in total. The number of carbonyl (C=O) groups excluding carboxylic acids is 2. The van der Waals surface area contributed by atoms with Crippen LogP contribution in [-0.4, -0.2) is 34.8 Å². The molecule has 0 aliphatic heterocycles. The summed E-state index contributed by atoms with van der Waals surface area (Å²) in [5.74, 6) is -1.26. The molecule has 5 atom stereocenters. The molecule has 1 aromatic carbocycles. The Morgan fingerprint density at radius 1 is 1.22 bits per heavy atom. The lowest BCUT2D eigenvalue weighted by atomic mass is 9.51. The number of thioether (sulfide) groups is 1. The van der Waals surface area contributed by atoms with E-state index in [-0.39, 0.29) is 29.3 Å². The molecule has 3 rings (SSSR count). The van der Waals surface area contributed by atoms with Gasteiger partial charge in [0.15, 0.2) is 5.60 Å². The van der Waals surface area contributed by atoms with Crippen molar-refractivity contribution >= 4 is 23.5 Å². The van der Waals surface area contributed by atoms with Gasteiger partial charge in [0.1, 0.15) is 5.78 Å². The van der Waals surface area contributed by atoms with E-state index >= 15 is 0 Å². The molecule has 5 heteroatoms. The highest BCUT2D eigenvalue weighted by Gasteiger charge is 2.64. The zero-order chi connectivity index (χ0) is 19.8. The molecule has 2 aliphatic carbocycles. The summed E-state index contributed by atoms with van der Waals surface area (Å²) in [4.78, 5) is 27.2. The second-order valence-corrected chi connectivity index (χ2v) is 9.88. The molecule has 0 radical (unpaired) electrons. The second kappa shape index (κ2) is 7.59. The molecule has 0 heterocycles. The first-order valence-corrected chi connectivity index (χ1v) is 10.7. The predicted octanol–water partition coefficient (Wildman–Crippen LogP) is 4.10. The summed E-state index contributed by atoms with van der Waals surface area (Å²) in [6.45, 7) is 6.17. The third-order valence-electron chi connectivity index (χ3n) is 6.67. The van der Waals surface area contributed by atoms with Crippen LogP contribution in [0.2, 0.25) is 0 Å². The van der Waals surface area contributed by atoms with E-state index < -0.39 is 22.9 Å². The highest BCUT2D eigenvalue weighted by atomic mass is 32.2. The van der Waals surface area contributed by atoms with Crippen LogP contribution in [0.15, 0.2) is 35.2 Å². The fraction of sp³-hybridized carbons (Fsp3) is 0.636. The smallest absolute Gasteiger partial charge is 0.338 e. The van der Waals surface area contributed by atoms with Gasteiger partial charge in [-0.05, 0) is 49.1 Å². The minimum Gasteiger partial charge on any atom is -0.467 e. The number of aliphatic hydroxyl groups is 1. The Kier molecular flexibility index (Phi) is 5.74.